The number of anilines is 1. The maximum Gasteiger partial charge on any atom is 0.253 e. The SMILES string of the molecule is CCSC1CCCC1NC(=O)c1cnc(NN)c(Cl)c1. The first-order valence-electron chi connectivity index (χ1n) is 6.70. The molecule has 0 spiro atoms. The van der Waals surface area contributed by atoms with Crippen LogP contribution < -0.4 is 16.6 Å². The van der Waals surface area contributed by atoms with E-state index in [1.54, 1.807) is 6.07 Å². The molecule has 0 radical (unpaired) electrons. The third-order valence-electron chi connectivity index (χ3n) is 3.39. The summed E-state index contributed by atoms with van der Waals surface area (Å²) in [4.78, 5) is 16.2. The van der Waals surface area contributed by atoms with Crippen molar-refractivity contribution in [3.63, 3.8) is 0 Å². The zero-order chi connectivity index (χ0) is 14.5. The largest absolute Gasteiger partial charge is 0.348 e. The van der Waals surface area contributed by atoms with Crippen LogP contribution in [-0.2, 0) is 0 Å². The van der Waals surface area contributed by atoms with E-state index in [-0.39, 0.29) is 11.9 Å². The summed E-state index contributed by atoms with van der Waals surface area (Å²) >= 11 is 7.89. The molecule has 1 fully saturated rings. The number of halogens is 1. The first-order valence-corrected chi connectivity index (χ1v) is 8.13. The molecule has 1 aromatic heterocycles. The predicted octanol–water partition coefficient (Wildman–Crippen LogP) is 2.42. The second-order valence-corrected chi connectivity index (χ2v) is 6.63. The minimum atomic E-state index is -0.128. The summed E-state index contributed by atoms with van der Waals surface area (Å²) in [5, 5.41) is 3.94. The van der Waals surface area contributed by atoms with Crippen LogP contribution in [0.1, 0.15) is 36.5 Å². The van der Waals surface area contributed by atoms with E-state index in [1.807, 2.05) is 11.8 Å². The van der Waals surface area contributed by atoms with Crippen molar-refractivity contribution in [2.24, 2.45) is 5.84 Å². The number of amides is 1. The first-order chi connectivity index (χ1) is 9.65. The summed E-state index contributed by atoms with van der Waals surface area (Å²) in [7, 11) is 0. The van der Waals surface area contributed by atoms with Crippen LogP contribution in [0.2, 0.25) is 5.02 Å². The Kier molecular flexibility index (Phi) is 5.51. The molecule has 1 heterocycles. The van der Waals surface area contributed by atoms with Crippen LogP contribution in [0.25, 0.3) is 0 Å². The zero-order valence-electron chi connectivity index (χ0n) is 11.4. The Labute approximate surface area is 128 Å². The topological polar surface area (TPSA) is 80.0 Å². The Morgan fingerprint density at radius 3 is 3.05 bits per heavy atom. The molecule has 4 N–H and O–H groups in total. The van der Waals surface area contributed by atoms with Gasteiger partial charge in [-0.25, -0.2) is 10.8 Å². The fourth-order valence-electron chi connectivity index (χ4n) is 2.42. The lowest BCUT2D eigenvalue weighted by Crippen LogP contribution is -2.38. The van der Waals surface area contributed by atoms with Crippen LogP contribution in [0.5, 0.6) is 0 Å². The number of nitrogen functional groups attached to an aromatic ring is 1. The van der Waals surface area contributed by atoms with E-state index in [0.717, 1.165) is 18.6 Å². The highest BCUT2D eigenvalue weighted by Gasteiger charge is 2.28. The van der Waals surface area contributed by atoms with Crippen molar-refractivity contribution in [2.75, 3.05) is 11.2 Å². The third kappa shape index (κ3) is 3.56. The van der Waals surface area contributed by atoms with Gasteiger partial charge in [0.15, 0.2) is 5.82 Å². The molecule has 1 aliphatic carbocycles. The highest BCUT2D eigenvalue weighted by atomic mass is 35.5. The number of hydrazine groups is 1. The van der Waals surface area contributed by atoms with E-state index in [2.05, 4.69) is 22.7 Å². The van der Waals surface area contributed by atoms with Crippen LogP contribution in [0.4, 0.5) is 5.82 Å². The van der Waals surface area contributed by atoms with Crippen LogP contribution in [0.15, 0.2) is 12.3 Å². The van der Waals surface area contributed by atoms with E-state index in [1.165, 1.54) is 12.6 Å². The molecule has 0 saturated heterocycles. The molecule has 110 valence electrons. The highest BCUT2D eigenvalue weighted by Crippen LogP contribution is 2.30. The van der Waals surface area contributed by atoms with E-state index in [4.69, 9.17) is 17.4 Å². The van der Waals surface area contributed by atoms with Crippen molar-refractivity contribution in [2.45, 2.75) is 37.5 Å². The number of hydrogen-bond donors (Lipinski definition) is 3. The standard InChI is InChI=1S/C13H19ClN4OS/c1-2-20-11-5-3-4-10(11)17-13(19)8-6-9(14)12(18-15)16-7-8/h6-7,10-11H,2-5,15H2,1H3,(H,16,18)(H,17,19). The molecule has 2 unspecified atom stereocenters. The number of nitrogens with one attached hydrogen (secondary N) is 2. The van der Waals surface area contributed by atoms with Gasteiger partial charge in [0.1, 0.15) is 0 Å². The molecule has 1 amide bonds. The van der Waals surface area contributed by atoms with Gasteiger partial charge in [0.2, 0.25) is 0 Å². The molecule has 7 heteroatoms. The van der Waals surface area contributed by atoms with Gasteiger partial charge in [-0.3, -0.25) is 4.79 Å². The second-order valence-electron chi connectivity index (χ2n) is 4.70. The van der Waals surface area contributed by atoms with Gasteiger partial charge in [0.05, 0.1) is 10.6 Å². The number of carbonyl (C=O) groups excluding carboxylic acids is 1. The van der Waals surface area contributed by atoms with Crippen LogP contribution in [0, 0.1) is 0 Å². The van der Waals surface area contributed by atoms with Gasteiger partial charge in [0.25, 0.3) is 5.91 Å². The Hall–Kier alpha value is -0.980. The van der Waals surface area contributed by atoms with Crippen LogP contribution in [0.3, 0.4) is 0 Å². The number of carbonyl (C=O) groups is 1. The molecule has 1 saturated carbocycles. The average Bonchev–Trinajstić information content (AvgIpc) is 2.86. The Morgan fingerprint density at radius 2 is 2.40 bits per heavy atom. The summed E-state index contributed by atoms with van der Waals surface area (Å²) in [6, 6.07) is 1.81. The third-order valence-corrected chi connectivity index (χ3v) is 5.00. The number of pyridine rings is 1. The minimum Gasteiger partial charge on any atom is -0.348 e. The summed E-state index contributed by atoms with van der Waals surface area (Å²) in [5.41, 5.74) is 2.84. The van der Waals surface area contributed by atoms with Crippen molar-refractivity contribution >= 4 is 35.1 Å². The lowest BCUT2D eigenvalue weighted by atomic mass is 10.2. The van der Waals surface area contributed by atoms with Crippen molar-refractivity contribution < 1.29 is 4.79 Å². The Morgan fingerprint density at radius 1 is 1.60 bits per heavy atom. The van der Waals surface area contributed by atoms with E-state index >= 15 is 0 Å². The molecule has 0 aromatic carbocycles. The number of nitrogens with two attached hydrogens (primary N) is 1. The molecule has 2 atom stereocenters. The van der Waals surface area contributed by atoms with Crippen LogP contribution in [-0.4, -0.2) is 27.9 Å². The fraction of sp³-hybridized carbons (Fsp3) is 0.538. The molecule has 20 heavy (non-hydrogen) atoms. The summed E-state index contributed by atoms with van der Waals surface area (Å²) in [6.45, 7) is 2.14. The number of nitrogens with zero attached hydrogens (tertiary/aromatic N) is 1. The molecule has 0 aliphatic heterocycles. The number of hydrogen-bond acceptors (Lipinski definition) is 5. The molecule has 1 aromatic rings. The van der Waals surface area contributed by atoms with Gasteiger partial charge >= 0.3 is 0 Å². The molecule has 0 bridgehead atoms. The van der Waals surface area contributed by atoms with Crippen molar-refractivity contribution in [1.29, 1.82) is 0 Å². The molecular formula is C13H19ClN4OS. The van der Waals surface area contributed by atoms with Crippen molar-refractivity contribution in [3.05, 3.63) is 22.8 Å². The maximum atomic E-state index is 12.2. The van der Waals surface area contributed by atoms with Gasteiger partial charge in [-0.05, 0) is 24.7 Å². The number of rotatable bonds is 5. The molecular weight excluding hydrogens is 296 g/mol. The first kappa shape index (κ1) is 15.4. The van der Waals surface area contributed by atoms with Crippen molar-refractivity contribution in [1.82, 2.24) is 10.3 Å². The van der Waals surface area contributed by atoms with E-state index in [0.29, 0.717) is 21.7 Å². The number of aromatic nitrogens is 1. The zero-order valence-corrected chi connectivity index (χ0v) is 12.9. The quantitative estimate of drug-likeness (QED) is 0.574. The maximum absolute atomic E-state index is 12.2. The summed E-state index contributed by atoms with van der Waals surface area (Å²) in [5.74, 6) is 6.57. The number of thioether (sulfide) groups is 1. The van der Waals surface area contributed by atoms with Gasteiger partial charge in [-0.2, -0.15) is 11.8 Å². The smallest absolute Gasteiger partial charge is 0.253 e. The lowest BCUT2D eigenvalue weighted by molar-refractivity contribution is 0.0938. The lowest BCUT2D eigenvalue weighted by Gasteiger charge is -2.20. The second kappa shape index (κ2) is 7.15. The van der Waals surface area contributed by atoms with Gasteiger partial charge in [0, 0.05) is 17.5 Å². The Bertz CT molecular complexity index is 485. The predicted molar refractivity (Wildman–Crippen MR) is 84.1 cm³/mol. The monoisotopic (exact) mass is 314 g/mol. The minimum absolute atomic E-state index is 0.128. The average molecular weight is 315 g/mol. The molecule has 1 aliphatic rings. The van der Waals surface area contributed by atoms with Crippen molar-refractivity contribution in [3.8, 4) is 0 Å². The fourth-order valence-corrected chi connectivity index (χ4v) is 3.84. The summed E-state index contributed by atoms with van der Waals surface area (Å²) in [6.07, 6.45) is 4.84. The van der Waals surface area contributed by atoms with Gasteiger partial charge < -0.3 is 10.7 Å². The normalized spacial score (nSPS) is 21.8. The van der Waals surface area contributed by atoms with Gasteiger partial charge in [-0.1, -0.05) is 24.9 Å². The van der Waals surface area contributed by atoms with Crippen LogP contribution >= 0.6 is 23.4 Å². The van der Waals surface area contributed by atoms with E-state index in [9.17, 15) is 4.79 Å². The molecule has 5 nitrogen and oxygen atoms in total. The van der Waals surface area contributed by atoms with E-state index < -0.39 is 0 Å². The summed E-state index contributed by atoms with van der Waals surface area (Å²) < 4.78 is 0. The highest BCUT2D eigenvalue weighted by molar-refractivity contribution is 7.99. The molecule has 2 rings (SSSR count). The van der Waals surface area contributed by atoms with Gasteiger partial charge in [-0.15, -0.1) is 0 Å². The Balaban J connectivity index is 2.02.